The van der Waals surface area contributed by atoms with E-state index in [9.17, 15) is 0 Å². The van der Waals surface area contributed by atoms with Gasteiger partial charge in [0.25, 0.3) is 0 Å². The number of halogens is 2. The van der Waals surface area contributed by atoms with Gasteiger partial charge >= 0.3 is 0 Å². The largest absolute Gasteiger partial charge is 0.360 e. The lowest BCUT2D eigenvalue weighted by Crippen LogP contribution is -2.02. The first-order valence-corrected chi connectivity index (χ1v) is 2.73. The van der Waals surface area contributed by atoms with Gasteiger partial charge in [-0.3, -0.25) is 0 Å². The Bertz CT molecular complexity index is 75.8. The Balaban J connectivity index is 3.55. The minimum atomic E-state index is -1.31. The van der Waals surface area contributed by atoms with Crippen molar-refractivity contribution in [2.45, 2.75) is 3.42 Å². The van der Waals surface area contributed by atoms with Crippen molar-refractivity contribution in [1.29, 1.82) is 0 Å². The number of terminal acetylenes is 1. The average molecular weight is 214 g/mol. The summed E-state index contributed by atoms with van der Waals surface area (Å²) in [4.78, 5) is 0. The normalized spacial score (nSPS) is 10.3. The van der Waals surface area contributed by atoms with E-state index in [-0.39, 0.29) is 0 Å². The first-order chi connectivity index (χ1) is 2.56. The highest BCUT2D eigenvalue weighted by Gasteiger charge is 2.09. The summed E-state index contributed by atoms with van der Waals surface area (Å²) in [6.45, 7) is 0. The second-order valence-electron chi connectivity index (χ2n) is 0.686. The number of alkyl halides is 2. The van der Waals surface area contributed by atoms with E-state index in [0.29, 0.717) is 0 Å². The maximum atomic E-state index is 8.42. The molecular weight excluding hydrogens is 212 g/mol. The molecule has 0 aliphatic rings. The maximum absolute atomic E-state index is 8.42. The SMILES string of the molecule is C#CC(O)(Br)Br. The quantitative estimate of drug-likeness (QED) is 0.472. The molecule has 0 aromatic carbocycles. The Labute approximate surface area is 53.0 Å². The van der Waals surface area contributed by atoms with Crippen LogP contribution in [0.25, 0.3) is 0 Å². The van der Waals surface area contributed by atoms with Gasteiger partial charge in [-0.2, -0.15) is 0 Å². The third-order valence-electron chi connectivity index (χ3n) is 0.174. The van der Waals surface area contributed by atoms with E-state index in [1.807, 2.05) is 5.92 Å². The topological polar surface area (TPSA) is 20.2 Å². The molecule has 0 unspecified atom stereocenters. The molecule has 1 N–H and O–H groups in total. The highest BCUT2D eigenvalue weighted by Crippen LogP contribution is 2.19. The lowest BCUT2D eigenvalue weighted by molar-refractivity contribution is 0.301. The van der Waals surface area contributed by atoms with Crippen molar-refractivity contribution in [3.63, 3.8) is 0 Å². The number of hydrogen-bond donors (Lipinski definition) is 1. The average Bonchev–Trinajstić information content (AvgIpc) is 1.35. The predicted molar refractivity (Wildman–Crippen MR) is 31.6 cm³/mol. The molecule has 0 saturated carbocycles. The Morgan fingerprint density at radius 2 is 1.83 bits per heavy atom. The van der Waals surface area contributed by atoms with Crippen molar-refractivity contribution in [2.24, 2.45) is 0 Å². The van der Waals surface area contributed by atoms with Crippen LogP contribution in [0.1, 0.15) is 0 Å². The molecule has 34 valence electrons. The summed E-state index contributed by atoms with van der Waals surface area (Å²) in [5.41, 5.74) is 0. The minimum absolute atomic E-state index is 1.31. The van der Waals surface area contributed by atoms with E-state index >= 15 is 0 Å². The Morgan fingerprint density at radius 3 is 1.83 bits per heavy atom. The van der Waals surface area contributed by atoms with Crippen molar-refractivity contribution >= 4 is 31.9 Å². The van der Waals surface area contributed by atoms with Crippen LogP contribution in [-0.2, 0) is 0 Å². The molecule has 0 rings (SSSR count). The van der Waals surface area contributed by atoms with Gasteiger partial charge in [0, 0.05) is 0 Å². The van der Waals surface area contributed by atoms with Crippen molar-refractivity contribution in [3.05, 3.63) is 0 Å². The number of rotatable bonds is 0. The third-order valence-corrected chi connectivity index (χ3v) is 0.631. The summed E-state index contributed by atoms with van der Waals surface area (Å²) in [6.07, 6.45) is 4.71. The Hall–Kier alpha value is 0.480. The Morgan fingerprint density at radius 1 is 1.67 bits per heavy atom. The second-order valence-corrected chi connectivity index (χ2v) is 4.05. The summed E-state index contributed by atoms with van der Waals surface area (Å²) in [7, 11) is 0. The van der Waals surface area contributed by atoms with Gasteiger partial charge < -0.3 is 5.11 Å². The summed E-state index contributed by atoms with van der Waals surface area (Å²) in [6, 6.07) is 0. The van der Waals surface area contributed by atoms with Crippen molar-refractivity contribution in [3.8, 4) is 12.3 Å². The van der Waals surface area contributed by atoms with Gasteiger partial charge in [0.1, 0.15) is 0 Å². The molecule has 0 aromatic heterocycles. The van der Waals surface area contributed by atoms with Gasteiger partial charge in [0.15, 0.2) is 0 Å². The van der Waals surface area contributed by atoms with Crippen LogP contribution in [0.4, 0.5) is 0 Å². The van der Waals surface area contributed by atoms with Crippen LogP contribution in [0.15, 0.2) is 0 Å². The van der Waals surface area contributed by atoms with Gasteiger partial charge in [0.2, 0.25) is 3.42 Å². The zero-order valence-corrected chi connectivity index (χ0v) is 5.95. The predicted octanol–water partition coefficient (Wildman–Crippen LogP) is 1.06. The van der Waals surface area contributed by atoms with Crippen LogP contribution in [0, 0.1) is 12.3 Å². The third kappa shape index (κ3) is 4.48. The van der Waals surface area contributed by atoms with Crippen LogP contribution in [0.2, 0.25) is 0 Å². The van der Waals surface area contributed by atoms with E-state index in [4.69, 9.17) is 11.5 Å². The molecular formula is C3H2Br2O. The molecule has 0 saturated heterocycles. The van der Waals surface area contributed by atoms with Crippen LogP contribution in [0.3, 0.4) is 0 Å². The molecule has 0 spiro atoms. The minimum Gasteiger partial charge on any atom is -0.360 e. The highest BCUT2D eigenvalue weighted by molar-refractivity contribution is 9.25. The molecule has 0 aromatic rings. The van der Waals surface area contributed by atoms with E-state index in [2.05, 4.69) is 31.9 Å². The standard InChI is InChI=1S/C3H2Br2O/c1-2-3(4,5)6/h1,6H. The zero-order chi connectivity index (χ0) is 5.21. The molecule has 0 aliphatic heterocycles. The molecule has 0 heterocycles. The molecule has 0 aliphatic carbocycles. The highest BCUT2D eigenvalue weighted by atomic mass is 79.9. The fourth-order valence-electron chi connectivity index (χ4n) is 0. The van der Waals surface area contributed by atoms with E-state index in [1.54, 1.807) is 0 Å². The fraction of sp³-hybridized carbons (Fsp3) is 0.333. The van der Waals surface area contributed by atoms with Gasteiger partial charge in [-0.25, -0.2) is 0 Å². The summed E-state index contributed by atoms with van der Waals surface area (Å²) in [5, 5.41) is 8.42. The van der Waals surface area contributed by atoms with Gasteiger partial charge in [-0.1, -0.05) is 0 Å². The molecule has 6 heavy (non-hydrogen) atoms. The monoisotopic (exact) mass is 212 g/mol. The number of hydrogen-bond acceptors (Lipinski definition) is 1. The molecule has 0 fully saturated rings. The molecule has 0 bridgehead atoms. The summed E-state index contributed by atoms with van der Waals surface area (Å²) < 4.78 is -1.31. The Kier molecular flexibility index (Phi) is 2.12. The summed E-state index contributed by atoms with van der Waals surface area (Å²) in [5.74, 6) is 1.99. The first kappa shape index (κ1) is 6.48. The van der Waals surface area contributed by atoms with Crippen LogP contribution >= 0.6 is 31.9 Å². The molecule has 0 radical (unpaired) electrons. The van der Waals surface area contributed by atoms with Crippen molar-refractivity contribution in [2.75, 3.05) is 0 Å². The van der Waals surface area contributed by atoms with Crippen molar-refractivity contribution < 1.29 is 5.11 Å². The van der Waals surface area contributed by atoms with E-state index in [0.717, 1.165) is 0 Å². The van der Waals surface area contributed by atoms with Gasteiger partial charge in [-0.15, -0.1) is 6.42 Å². The van der Waals surface area contributed by atoms with Gasteiger partial charge in [0.05, 0.1) is 0 Å². The number of aliphatic hydroxyl groups is 1. The van der Waals surface area contributed by atoms with Gasteiger partial charge in [-0.05, 0) is 37.8 Å². The first-order valence-electron chi connectivity index (χ1n) is 1.14. The zero-order valence-electron chi connectivity index (χ0n) is 2.78. The molecule has 0 amide bonds. The smallest absolute Gasteiger partial charge is 0.237 e. The van der Waals surface area contributed by atoms with Crippen LogP contribution in [0.5, 0.6) is 0 Å². The van der Waals surface area contributed by atoms with Crippen LogP contribution in [-0.4, -0.2) is 8.53 Å². The van der Waals surface area contributed by atoms with Crippen LogP contribution < -0.4 is 0 Å². The second kappa shape index (κ2) is 1.97. The molecule has 1 nitrogen and oxygen atoms in total. The summed E-state index contributed by atoms with van der Waals surface area (Å²) >= 11 is 5.43. The fourth-order valence-corrected chi connectivity index (χ4v) is 0. The lowest BCUT2D eigenvalue weighted by Gasteiger charge is -1.98. The molecule has 0 atom stereocenters. The van der Waals surface area contributed by atoms with Crippen molar-refractivity contribution in [1.82, 2.24) is 0 Å². The van der Waals surface area contributed by atoms with E-state index < -0.39 is 3.42 Å². The lowest BCUT2D eigenvalue weighted by atomic mass is 10.8. The maximum Gasteiger partial charge on any atom is 0.237 e. The van der Waals surface area contributed by atoms with E-state index in [1.165, 1.54) is 0 Å². The molecule has 3 heteroatoms.